The lowest BCUT2D eigenvalue weighted by Gasteiger charge is -2.32. The lowest BCUT2D eigenvalue weighted by Crippen LogP contribution is -2.47. The molecular formula is C54H57Cl3N12O3. The van der Waals surface area contributed by atoms with Crippen LogP contribution in [-0.4, -0.2) is 133 Å². The number of carbonyl (C=O) groups is 2. The number of amides is 2. The summed E-state index contributed by atoms with van der Waals surface area (Å²) in [6.07, 6.45) is 0. The second-order valence-corrected chi connectivity index (χ2v) is 18.6. The molecule has 10 rings (SSSR count). The third kappa shape index (κ3) is 12.2. The second kappa shape index (κ2) is 23.0. The Balaban J connectivity index is 0.000000206. The number of benzene rings is 6. The van der Waals surface area contributed by atoms with Crippen molar-refractivity contribution in [2.75, 3.05) is 77.1 Å². The number of aromatic nitrogens is 6. The summed E-state index contributed by atoms with van der Waals surface area (Å²) in [6.45, 7) is 12.6. The highest BCUT2D eigenvalue weighted by atomic mass is 35.5. The first-order valence-electron chi connectivity index (χ1n) is 23.0. The number of anilines is 4. The minimum absolute atomic E-state index is 0. The average molecular weight is 1030 g/mol. The van der Waals surface area contributed by atoms with E-state index in [9.17, 15) is 14.7 Å². The molecule has 0 radical (unpaired) electrons. The summed E-state index contributed by atoms with van der Waals surface area (Å²) in [5.41, 5.74) is 12.4. The number of carbonyl (C=O) groups excluding carboxylic acids is 2. The van der Waals surface area contributed by atoms with Crippen LogP contribution in [-0.2, 0) is 0 Å². The van der Waals surface area contributed by atoms with E-state index in [1.54, 1.807) is 18.2 Å². The van der Waals surface area contributed by atoms with Crippen LogP contribution in [0.2, 0.25) is 10.0 Å². The molecule has 3 N–H and O–H groups in total. The number of nitrogens with zero attached hydrogens (tertiary/aromatic N) is 10. The molecule has 2 amide bonds. The molecule has 0 unspecified atom stereocenters. The number of hydrogen-bond donors (Lipinski definition) is 3. The number of rotatable bonds is 8. The number of hydrogen-bond acceptors (Lipinski definition) is 13. The van der Waals surface area contributed by atoms with E-state index in [-0.39, 0.29) is 37.4 Å². The molecule has 372 valence electrons. The van der Waals surface area contributed by atoms with Gasteiger partial charge in [0.1, 0.15) is 16.8 Å². The van der Waals surface area contributed by atoms with Gasteiger partial charge in [0.2, 0.25) is 11.9 Å². The molecule has 0 aliphatic carbocycles. The Kier molecular flexibility index (Phi) is 16.9. The van der Waals surface area contributed by atoms with Gasteiger partial charge in [-0.1, -0.05) is 42.3 Å². The molecule has 18 heteroatoms. The lowest BCUT2D eigenvalue weighted by molar-refractivity contribution is 0.0657. The lowest BCUT2D eigenvalue weighted by atomic mass is 9.98. The predicted molar refractivity (Wildman–Crippen MR) is 292 cm³/mol. The summed E-state index contributed by atoms with van der Waals surface area (Å²) in [5, 5.41) is 34.6. The smallest absolute Gasteiger partial charge is 0.253 e. The summed E-state index contributed by atoms with van der Waals surface area (Å²) in [6, 6.07) is 33.3. The largest absolute Gasteiger partial charge is 0.508 e. The van der Waals surface area contributed by atoms with Gasteiger partial charge in [-0.15, -0.1) is 32.8 Å². The Morgan fingerprint density at radius 3 is 1.33 bits per heavy atom. The van der Waals surface area contributed by atoms with Gasteiger partial charge in [-0.2, -0.15) is 0 Å². The van der Waals surface area contributed by atoms with Crippen LogP contribution in [0.3, 0.4) is 0 Å². The van der Waals surface area contributed by atoms with Crippen molar-refractivity contribution in [1.82, 2.24) is 50.0 Å². The molecule has 0 bridgehead atoms. The van der Waals surface area contributed by atoms with E-state index in [0.29, 0.717) is 49.6 Å². The van der Waals surface area contributed by atoms with Gasteiger partial charge in [0.05, 0.1) is 11.0 Å². The number of aromatic hydroxyl groups is 1. The van der Waals surface area contributed by atoms with Gasteiger partial charge in [0.15, 0.2) is 0 Å². The molecule has 15 nitrogen and oxygen atoms in total. The molecule has 0 saturated carbocycles. The molecule has 2 saturated heterocycles. The zero-order chi connectivity index (χ0) is 49.1. The Morgan fingerprint density at radius 1 is 0.500 bits per heavy atom. The minimum atomic E-state index is 0. The molecule has 2 aliphatic rings. The van der Waals surface area contributed by atoms with Gasteiger partial charge in [-0.25, -0.2) is 9.97 Å². The topological polar surface area (TPSA) is 169 Å². The summed E-state index contributed by atoms with van der Waals surface area (Å²) < 4.78 is 0. The highest BCUT2D eigenvalue weighted by molar-refractivity contribution is 6.34. The van der Waals surface area contributed by atoms with Crippen molar-refractivity contribution in [1.29, 1.82) is 0 Å². The Morgan fingerprint density at radius 2 is 0.903 bits per heavy atom. The van der Waals surface area contributed by atoms with E-state index in [4.69, 9.17) is 23.2 Å². The molecule has 2 fully saturated rings. The maximum Gasteiger partial charge on any atom is 0.253 e. The molecule has 0 spiro atoms. The number of likely N-dealkylation sites (N-methyl/N-ethyl adjacent to an activating group) is 2. The number of piperazine rings is 2. The number of phenolic OH excluding ortho intramolecular Hbond substituents is 1. The highest BCUT2D eigenvalue weighted by Gasteiger charge is 2.22. The molecule has 6 aromatic carbocycles. The van der Waals surface area contributed by atoms with Crippen LogP contribution < -0.4 is 10.6 Å². The molecule has 72 heavy (non-hydrogen) atoms. The average Bonchev–Trinajstić information content (AvgIpc) is 3.36. The zero-order valence-electron chi connectivity index (χ0n) is 39.9. The first-order chi connectivity index (χ1) is 33.7. The van der Waals surface area contributed by atoms with E-state index in [1.165, 1.54) is 0 Å². The maximum absolute atomic E-state index is 12.8. The quantitative estimate of drug-likeness (QED) is 0.132. The van der Waals surface area contributed by atoms with Crippen LogP contribution in [0.15, 0.2) is 109 Å². The molecule has 0 atom stereocenters. The number of aryl methyl sites for hydroxylation is 3. The SMILES string of the molecule is C.Cc1cc2nc(Nc3ccc(C(=O)N4CCN(C)CC4)cc3)nnc2cc1-c1cc(O)ccc1Cl.Cc1ccc(Cl)c(-c2cc3nnc(Nc4ccc(C(=O)N5CCN(C)CC5)cc4)nc3cc2C)c1.Cl. The molecular weight excluding hydrogens is 971 g/mol. The van der Waals surface area contributed by atoms with E-state index in [0.717, 1.165) is 108 Å². The Labute approximate surface area is 435 Å². The number of halogens is 3. The van der Waals surface area contributed by atoms with Crippen molar-refractivity contribution in [2.24, 2.45) is 0 Å². The van der Waals surface area contributed by atoms with Crippen LogP contribution in [0.1, 0.15) is 44.8 Å². The first-order valence-corrected chi connectivity index (χ1v) is 23.8. The number of phenols is 1. The normalized spacial score (nSPS) is 13.9. The zero-order valence-corrected chi connectivity index (χ0v) is 42.3. The third-order valence-electron chi connectivity index (χ3n) is 12.6. The van der Waals surface area contributed by atoms with E-state index >= 15 is 0 Å². The van der Waals surface area contributed by atoms with Crippen molar-refractivity contribution in [3.05, 3.63) is 147 Å². The summed E-state index contributed by atoms with van der Waals surface area (Å²) in [7, 11) is 4.14. The van der Waals surface area contributed by atoms with Crippen LogP contribution in [0.25, 0.3) is 44.3 Å². The van der Waals surface area contributed by atoms with Gasteiger partial charge in [-0.3, -0.25) is 9.59 Å². The summed E-state index contributed by atoms with van der Waals surface area (Å²) in [4.78, 5) is 43.0. The fourth-order valence-corrected chi connectivity index (χ4v) is 8.90. The summed E-state index contributed by atoms with van der Waals surface area (Å²) >= 11 is 12.8. The monoisotopic (exact) mass is 1030 g/mol. The van der Waals surface area contributed by atoms with Crippen molar-refractivity contribution in [2.45, 2.75) is 28.2 Å². The third-order valence-corrected chi connectivity index (χ3v) is 13.3. The maximum atomic E-state index is 12.8. The van der Waals surface area contributed by atoms with E-state index in [1.807, 2.05) is 116 Å². The van der Waals surface area contributed by atoms with Crippen LogP contribution >= 0.6 is 35.6 Å². The molecule has 2 aliphatic heterocycles. The van der Waals surface area contributed by atoms with Gasteiger partial charge in [0.25, 0.3) is 11.8 Å². The standard InChI is InChI=1S/C27H27ClN6O.C26H25ClN6O2.CH4.ClH/c1-17-4-9-23(28)22(14-17)21-16-25-24(15-18(21)2)30-27(32-31-25)29-20-7-5-19(6-8-20)26(35)34-12-10-33(3)11-13-34;1-16-13-23-24(15-20(16)21-14-19(34)7-8-22(21)27)30-31-26(29-23)28-18-5-3-17(4-6-18)25(35)33-11-9-32(2)10-12-33;;/h4-9,14-16H,10-13H2,1-3H3,(H,29,30,32);3-8,13-15,34H,9-12H2,1-2H3,(H,28,29,31);1H4;1H. The fraction of sp³-hybridized carbons (Fsp3) is 0.259. The fourth-order valence-electron chi connectivity index (χ4n) is 8.46. The van der Waals surface area contributed by atoms with Crippen molar-refractivity contribution >= 4 is 92.8 Å². The van der Waals surface area contributed by atoms with Crippen molar-refractivity contribution < 1.29 is 14.7 Å². The molecule has 2 aromatic heterocycles. The Hall–Kier alpha value is -7.01. The number of fused-ring (bicyclic) bond motifs is 2. The van der Waals surface area contributed by atoms with E-state index < -0.39 is 0 Å². The van der Waals surface area contributed by atoms with Crippen LogP contribution in [0.5, 0.6) is 5.75 Å². The van der Waals surface area contributed by atoms with Gasteiger partial charge in [0, 0.05) is 96.0 Å². The molecule has 8 aromatic rings. The molecule has 4 heterocycles. The highest BCUT2D eigenvalue weighted by Crippen LogP contribution is 2.36. The van der Waals surface area contributed by atoms with Crippen LogP contribution in [0.4, 0.5) is 23.3 Å². The van der Waals surface area contributed by atoms with Gasteiger partial charge in [-0.05, 0) is 160 Å². The van der Waals surface area contributed by atoms with Crippen molar-refractivity contribution in [3.63, 3.8) is 0 Å². The minimum Gasteiger partial charge on any atom is -0.508 e. The van der Waals surface area contributed by atoms with E-state index in [2.05, 4.69) is 71.0 Å². The number of nitrogens with one attached hydrogen (secondary N) is 2. The van der Waals surface area contributed by atoms with Gasteiger partial charge < -0.3 is 35.3 Å². The van der Waals surface area contributed by atoms with Gasteiger partial charge >= 0.3 is 0 Å². The Bertz CT molecular complexity index is 3020. The second-order valence-electron chi connectivity index (χ2n) is 17.8. The first kappa shape index (κ1) is 52.8. The predicted octanol–water partition coefficient (Wildman–Crippen LogP) is 10.6. The summed E-state index contributed by atoms with van der Waals surface area (Å²) in [5.74, 6) is 1.01. The van der Waals surface area contributed by atoms with Crippen LogP contribution in [0, 0.1) is 20.8 Å². The van der Waals surface area contributed by atoms with Crippen molar-refractivity contribution in [3.8, 4) is 28.0 Å².